The Labute approximate surface area is 545 Å². The Morgan fingerprint density at radius 2 is 0.897 bits per heavy atom. The predicted molar refractivity (Wildman–Crippen MR) is 381 cm³/mol. The molecule has 1 rings (SSSR count). The van der Waals surface area contributed by atoms with Gasteiger partial charge in [-0.2, -0.15) is 0 Å². The van der Waals surface area contributed by atoms with Crippen molar-refractivity contribution in [2.75, 3.05) is 33.5 Å². The standard InChI is InChI=1S/C72H150O11Si4/c1-41-55(4)58(73)63(15,16)80-57(6)53-60(9,10)65(19,20)78-49-45-62(13,14)76-47-43-51-87(40,71(31,32)74-34)82-66(21,22)68(25,26)85(37,38)81-67(23,24)69(27,28)86(39,83-72(33)70(29,30)84(72,35)36)50-42-46-75-61(11,12)44-48-77-64(17,18)59(7,8)52-56(5)79-54(2)3/h54-57H,41-53H2,1-40H3. The molecule has 6 atom stereocenters. The van der Waals surface area contributed by atoms with Gasteiger partial charge in [0.2, 0.25) is 8.32 Å². The monoisotopic (exact) mass is 1300 g/mol. The van der Waals surface area contributed by atoms with E-state index in [-0.39, 0.29) is 72.4 Å². The Hall–Kier alpha value is 0.138. The molecule has 0 aromatic rings. The van der Waals surface area contributed by atoms with Gasteiger partial charge in [0.05, 0.1) is 78.4 Å². The van der Waals surface area contributed by atoms with Crippen LogP contribution in [-0.2, 0) is 51.2 Å². The number of ether oxygens (including phenoxy) is 7. The molecule has 1 saturated heterocycles. The van der Waals surface area contributed by atoms with E-state index in [0.717, 1.165) is 57.0 Å². The molecule has 0 aliphatic carbocycles. The van der Waals surface area contributed by atoms with Crippen LogP contribution >= 0.6 is 0 Å². The molecule has 1 aliphatic heterocycles. The van der Waals surface area contributed by atoms with Gasteiger partial charge in [-0.25, -0.2) is 0 Å². The van der Waals surface area contributed by atoms with Gasteiger partial charge < -0.3 is 46.4 Å². The molecule has 0 aromatic carbocycles. The van der Waals surface area contributed by atoms with Gasteiger partial charge in [-0.1, -0.05) is 96.2 Å². The van der Waals surface area contributed by atoms with Crippen LogP contribution in [0.15, 0.2) is 0 Å². The summed E-state index contributed by atoms with van der Waals surface area (Å²) >= 11 is 0. The van der Waals surface area contributed by atoms with Crippen molar-refractivity contribution in [2.24, 2.45) is 16.7 Å². The number of ketones is 1. The molecule has 1 aliphatic rings. The molecule has 0 radical (unpaired) electrons. The van der Waals surface area contributed by atoms with Gasteiger partial charge in [0.15, 0.2) is 22.4 Å². The second-order valence-corrected chi connectivity index (χ2v) is 55.2. The maximum absolute atomic E-state index is 13.1. The smallest absolute Gasteiger partial charge is 0.221 e. The molecule has 520 valence electrons. The summed E-state index contributed by atoms with van der Waals surface area (Å²) in [5.74, 6) is 0.123. The zero-order valence-corrected chi connectivity index (χ0v) is 69.5. The highest BCUT2D eigenvalue weighted by Crippen LogP contribution is 2.73. The Kier molecular flexibility index (Phi) is 28.6. The third-order valence-corrected chi connectivity index (χ3v) is 47.1. The first kappa shape index (κ1) is 85.1. The molecule has 6 unspecified atom stereocenters. The van der Waals surface area contributed by atoms with Crippen molar-refractivity contribution in [3.05, 3.63) is 0 Å². The number of rotatable bonds is 43. The first-order chi connectivity index (χ1) is 38.3. The van der Waals surface area contributed by atoms with Crippen LogP contribution in [0.4, 0.5) is 0 Å². The highest BCUT2D eigenvalue weighted by Gasteiger charge is 2.79. The number of Topliss-reactive ketones (excluding diaryl/α,β-unsaturated/α-hetero) is 1. The van der Waals surface area contributed by atoms with Crippen molar-refractivity contribution in [1.29, 1.82) is 0 Å². The highest BCUT2D eigenvalue weighted by molar-refractivity contribution is 6.95. The van der Waals surface area contributed by atoms with E-state index in [9.17, 15) is 4.79 Å². The predicted octanol–water partition coefficient (Wildman–Crippen LogP) is 20.5. The summed E-state index contributed by atoms with van der Waals surface area (Å²) in [7, 11) is -7.91. The zero-order chi connectivity index (χ0) is 69.2. The molecule has 0 spiro atoms. The van der Waals surface area contributed by atoms with E-state index in [2.05, 4.69) is 247 Å². The maximum atomic E-state index is 13.1. The van der Waals surface area contributed by atoms with Crippen LogP contribution < -0.4 is 0 Å². The molecular weight excluding hydrogens is 1150 g/mol. The number of hydrogen-bond donors (Lipinski definition) is 0. The Bertz CT molecular complexity index is 2140. The summed E-state index contributed by atoms with van der Waals surface area (Å²) in [5.41, 5.74) is -3.75. The van der Waals surface area contributed by atoms with Crippen LogP contribution in [0.3, 0.4) is 0 Å². The van der Waals surface area contributed by atoms with Crippen LogP contribution in [0.1, 0.15) is 273 Å². The second kappa shape index (κ2) is 29.2. The van der Waals surface area contributed by atoms with E-state index in [4.69, 9.17) is 46.4 Å². The minimum atomic E-state index is -2.67. The Balaban J connectivity index is 3.33. The molecule has 87 heavy (non-hydrogen) atoms. The van der Waals surface area contributed by atoms with E-state index < -0.39 is 66.3 Å². The Morgan fingerprint density at radius 1 is 0.517 bits per heavy atom. The SMILES string of the molecule is CCC(C)C(=O)C(C)(C)OC(C)CC(C)(C)C(C)(C)OCCC(C)(C)OCCC[Si](C)(OC(C)(C)C(C)(C)[Si](C)(C)OC(C)(C)C(C)(C)[Si](C)(CCCOC(C)(C)CCOC(C)(C)C(C)(C)CC(C)OC(C)C)OC1(C)C(C)(C)[Si]1(C)C)C(C)(C)OC. The van der Waals surface area contributed by atoms with E-state index in [1.165, 1.54) is 0 Å². The van der Waals surface area contributed by atoms with Gasteiger partial charge in [0.25, 0.3) is 0 Å². The Morgan fingerprint density at radius 3 is 1.26 bits per heavy atom. The molecular formula is C72H150O11Si4. The zero-order valence-electron chi connectivity index (χ0n) is 65.5. The van der Waals surface area contributed by atoms with Crippen LogP contribution in [0.2, 0.25) is 66.5 Å². The molecule has 1 heterocycles. The number of carbonyl (C=O) groups excluding carboxylic acids is 1. The van der Waals surface area contributed by atoms with Gasteiger partial charge in [-0.3, -0.25) is 4.79 Å². The van der Waals surface area contributed by atoms with E-state index in [1.54, 1.807) is 0 Å². The average Bonchev–Trinajstić information content (AvgIpc) is 1.50. The largest absolute Gasteiger partial charge is 0.414 e. The van der Waals surface area contributed by atoms with E-state index >= 15 is 0 Å². The van der Waals surface area contributed by atoms with Crippen molar-refractivity contribution >= 4 is 38.8 Å². The fourth-order valence-electron chi connectivity index (χ4n) is 13.4. The van der Waals surface area contributed by atoms with Gasteiger partial charge in [0.1, 0.15) is 5.60 Å². The van der Waals surface area contributed by atoms with Gasteiger partial charge in [0, 0.05) is 41.5 Å². The first-order valence-corrected chi connectivity index (χ1v) is 45.5. The fourth-order valence-corrected chi connectivity index (χ4v) is 30.4. The third kappa shape index (κ3) is 20.1. The summed E-state index contributed by atoms with van der Waals surface area (Å²) in [6.45, 7) is 90.9. The quantitative estimate of drug-likeness (QED) is 0.0430. The molecule has 0 aromatic heterocycles. The molecule has 11 nitrogen and oxygen atoms in total. The molecule has 0 N–H and O–H groups in total. The lowest BCUT2D eigenvalue weighted by molar-refractivity contribution is -0.161. The third-order valence-electron chi connectivity index (χ3n) is 25.4. The van der Waals surface area contributed by atoms with Gasteiger partial charge in [-0.15, -0.1) is 0 Å². The second-order valence-electron chi connectivity index (χ2n) is 36.5. The molecule has 1 fully saturated rings. The summed E-state index contributed by atoms with van der Waals surface area (Å²) in [5, 5.41) is -1.11. The fraction of sp³-hybridized carbons (Fsp3) is 0.986. The van der Waals surface area contributed by atoms with Crippen LogP contribution in [0.25, 0.3) is 0 Å². The molecule has 15 heteroatoms. The van der Waals surface area contributed by atoms with Gasteiger partial charge >= 0.3 is 0 Å². The minimum absolute atomic E-state index is 0.0326. The average molecular weight is 1300 g/mol. The van der Waals surface area contributed by atoms with Crippen molar-refractivity contribution < 1.29 is 51.2 Å². The van der Waals surface area contributed by atoms with Crippen molar-refractivity contribution in [2.45, 2.75) is 408 Å². The van der Waals surface area contributed by atoms with Crippen molar-refractivity contribution in [3.8, 4) is 0 Å². The molecule has 0 saturated carbocycles. The van der Waals surface area contributed by atoms with Crippen molar-refractivity contribution in [3.63, 3.8) is 0 Å². The number of hydrogen-bond acceptors (Lipinski definition) is 11. The lowest BCUT2D eigenvalue weighted by Crippen LogP contribution is -2.66. The van der Waals surface area contributed by atoms with Crippen LogP contribution in [0.5, 0.6) is 0 Å². The summed E-state index contributed by atoms with van der Waals surface area (Å²) in [6.07, 6.45) is 6.05. The lowest BCUT2D eigenvalue weighted by atomic mass is 9.73. The maximum Gasteiger partial charge on any atom is 0.221 e. The minimum Gasteiger partial charge on any atom is -0.414 e. The summed E-state index contributed by atoms with van der Waals surface area (Å²) < 4.78 is 69.6. The highest BCUT2D eigenvalue weighted by atomic mass is 28.4. The number of methoxy groups -OCH3 is 1. The van der Waals surface area contributed by atoms with E-state index in [0.29, 0.717) is 26.4 Å². The van der Waals surface area contributed by atoms with E-state index in [1.807, 2.05) is 27.9 Å². The summed E-state index contributed by atoms with van der Waals surface area (Å²) in [6, 6.07) is 1.84. The molecule has 0 bridgehead atoms. The normalized spacial score (nSPS) is 20.7. The number of carbonyl (C=O) groups is 1. The molecule has 0 amide bonds. The van der Waals surface area contributed by atoms with Crippen molar-refractivity contribution in [1.82, 2.24) is 0 Å². The topological polar surface area (TPSA) is 109 Å². The van der Waals surface area contributed by atoms with Gasteiger partial charge in [-0.05, 0) is 244 Å². The first-order valence-electron chi connectivity index (χ1n) is 34.4. The van der Waals surface area contributed by atoms with Crippen LogP contribution in [0, 0.1) is 16.7 Å². The van der Waals surface area contributed by atoms with Crippen LogP contribution in [-0.4, -0.2) is 140 Å². The lowest BCUT2D eigenvalue weighted by Gasteiger charge is -2.59. The summed E-state index contributed by atoms with van der Waals surface area (Å²) in [4.78, 5) is 13.1.